The van der Waals surface area contributed by atoms with Crippen LogP contribution in [0.3, 0.4) is 0 Å². The number of benzene rings is 1. The van der Waals surface area contributed by atoms with Crippen molar-refractivity contribution in [2.45, 2.75) is 13.1 Å². The second-order valence-electron chi connectivity index (χ2n) is 7.17. The van der Waals surface area contributed by atoms with E-state index in [4.69, 9.17) is 9.72 Å². The van der Waals surface area contributed by atoms with Gasteiger partial charge in [-0.2, -0.15) is 18.3 Å². The summed E-state index contributed by atoms with van der Waals surface area (Å²) in [6.45, 7) is 4.55. The fraction of sp³-hybridized carbons (Fsp3) is 0.286. The van der Waals surface area contributed by atoms with Gasteiger partial charge in [-0.15, -0.1) is 5.10 Å². The maximum absolute atomic E-state index is 12.9. The number of ether oxygens (including phenoxy) is 1. The van der Waals surface area contributed by atoms with Gasteiger partial charge in [-0.3, -0.25) is 9.78 Å². The molecule has 0 aliphatic carbocycles. The number of hydrogen-bond acceptors (Lipinski definition) is 7. The van der Waals surface area contributed by atoms with Crippen LogP contribution < -0.4 is 10.2 Å². The molecule has 3 aromatic rings. The minimum Gasteiger partial charge on any atom is -0.378 e. The maximum atomic E-state index is 12.9. The van der Waals surface area contributed by atoms with Crippen LogP contribution in [0, 0.1) is 6.92 Å². The van der Waals surface area contributed by atoms with Crippen molar-refractivity contribution in [2.24, 2.45) is 0 Å². The number of amides is 1. The summed E-state index contributed by atoms with van der Waals surface area (Å²) >= 11 is 0. The standard InChI is InChI=1S/C21H19F3N6O2/c1-13-2-3-15(27-20(31)17-8-14(10-26-29-17)21(22,23)24)9-16(13)18-11-25-12-19(28-18)30-4-6-32-7-5-30/h2-3,8-12H,4-7H2,1H3,(H,27,31). The predicted molar refractivity (Wildman–Crippen MR) is 110 cm³/mol. The van der Waals surface area contributed by atoms with Crippen molar-refractivity contribution >= 4 is 17.4 Å². The first-order valence-electron chi connectivity index (χ1n) is 9.78. The molecule has 1 aliphatic heterocycles. The summed E-state index contributed by atoms with van der Waals surface area (Å²) in [7, 11) is 0. The summed E-state index contributed by atoms with van der Waals surface area (Å²) in [4.78, 5) is 23.5. The third-order valence-corrected chi connectivity index (χ3v) is 4.94. The molecule has 8 nitrogen and oxygen atoms in total. The van der Waals surface area contributed by atoms with Crippen LogP contribution in [0.4, 0.5) is 24.7 Å². The Morgan fingerprint density at radius 3 is 2.66 bits per heavy atom. The number of rotatable bonds is 4. The van der Waals surface area contributed by atoms with Crippen molar-refractivity contribution < 1.29 is 22.7 Å². The fourth-order valence-corrected chi connectivity index (χ4v) is 3.23. The lowest BCUT2D eigenvalue weighted by Gasteiger charge is -2.27. The van der Waals surface area contributed by atoms with E-state index in [0.717, 1.165) is 16.9 Å². The molecule has 166 valence electrons. The number of anilines is 2. The Morgan fingerprint density at radius 1 is 1.12 bits per heavy atom. The number of alkyl halides is 3. The number of aryl methyl sites for hydroxylation is 1. The van der Waals surface area contributed by atoms with E-state index in [2.05, 4.69) is 25.4 Å². The Balaban J connectivity index is 1.58. The summed E-state index contributed by atoms with van der Waals surface area (Å²) in [5, 5.41) is 9.36. The van der Waals surface area contributed by atoms with Gasteiger partial charge in [0.1, 0.15) is 5.82 Å². The molecule has 0 saturated carbocycles. The minimum absolute atomic E-state index is 0.383. The van der Waals surface area contributed by atoms with Gasteiger partial charge in [0.2, 0.25) is 0 Å². The quantitative estimate of drug-likeness (QED) is 0.660. The monoisotopic (exact) mass is 444 g/mol. The maximum Gasteiger partial charge on any atom is 0.418 e. The lowest BCUT2D eigenvalue weighted by Crippen LogP contribution is -2.36. The average molecular weight is 444 g/mol. The average Bonchev–Trinajstić information content (AvgIpc) is 2.80. The van der Waals surface area contributed by atoms with E-state index in [0.29, 0.717) is 49.9 Å². The molecule has 0 spiro atoms. The van der Waals surface area contributed by atoms with Gasteiger partial charge in [0.25, 0.3) is 5.91 Å². The number of aromatic nitrogens is 4. The number of nitrogens with zero attached hydrogens (tertiary/aromatic N) is 5. The summed E-state index contributed by atoms with van der Waals surface area (Å²) in [6, 6.07) is 5.79. The number of nitrogens with one attached hydrogen (secondary N) is 1. The van der Waals surface area contributed by atoms with Crippen LogP contribution in [0.25, 0.3) is 11.3 Å². The Morgan fingerprint density at radius 2 is 1.91 bits per heavy atom. The Bertz CT molecular complexity index is 1130. The SMILES string of the molecule is Cc1ccc(NC(=O)c2cc(C(F)(F)F)cnn2)cc1-c1cncc(N2CCOCC2)n1. The molecule has 1 saturated heterocycles. The Kier molecular flexibility index (Phi) is 5.99. The molecule has 2 aromatic heterocycles. The lowest BCUT2D eigenvalue weighted by molar-refractivity contribution is -0.137. The molecule has 0 bridgehead atoms. The van der Waals surface area contributed by atoms with E-state index >= 15 is 0 Å². The van der Waals surface area contributed by atoms with Gasteiger partial charge in [0, 0.05) is 24.3 Å². The van der Waals surface area contributed by atoms with Crippen molar-refractivity contribution in [2.75, 3.05) is 36.5 Å². The van der Waals surface area contributed by atoms with Gasteiger partial charge in [-0.05, 0) is 30.7 Å². The number of hydrogen-bond donors (Lipinski definition) is 1. The van der Waals surface area contributed by atoms with Crippen molar-refractivity contribution in [3.63, 3.8) is 0 Å². The van der Waals surface area contributed by atoms with E-state index in [-0.39, 0.29) is 0 Å². The van der Waals surface area contributed by atoms with Crippen LogP contribution in [0.2, 0.25) is 0 Å². The Labute approximate surface area is 181 Å². The molecule has 0 unspecified atom stereocenters. The smallest absolute Gasteiger partial charge is 0.378 e. The Hall–Kier alpha value is -3.60. The highest BCUT2D eigenvalue weighted by atomic mass is 19.4. The minimum atomic E-state index is -4.62. The van der Waals surface area contributed by atoms with Crippen molar-refractivity contribution in [3.8, 4) is 11.3 Å². The molecule has 4 rings (SSSR count). The molecule has 11 heteroatoms. The third-order valence-electron chi connectivity index (χ3n) is 4.94. The number of carbonyl (C=O) groups excluding carboxylic acids is 1. The molecular weight excluding hydrogens is 425 g/mol. The van der Waals surface area contributed by atoms with E-state index in [1.165, 1.54) is 0 Å². The van der Waals surface area contributed by atoms with Crippen molar-refractivity contribution in [3.05, 3.63) is 59.7 Å². The van der Waals surface area contributed by atoms with E-state index in [9.17, 15) is 18.0 Å². The molecular formula is C21H19F3N6O2. The first-order valence-corrected chi connectivity index (χ1v) is 9.78. The van der Waals surface area contributed by atoms with Gasteiger partial charge in [-0.25, -0.2) is 4.98 Å². The largest absolute Gasteiger partial charge is 0.418 e. The molecule has 3 heterocycles. The second kappa shape index (κ2) is 8.87. The van der Waals surface area contributed by atoms with Crippen LogP contribution in [0.15, 0.2) is 42.9 Å². The fourth-order valence-electron chi connectivity index (χ4n) is 3.23. The highest BCUT2D eigenvalue weighted by molar-refractivity contribution is 6.03. The molecule has 0 atom stereocenters. The number of morpholine rings is 1. The predicted octanol–water partition coefficient (Wildman–Crippen LogP) is 3.35. The van der Waals surface area contributed by atoms with Crippen molar-refractivity contribution in [1.82, 2.24) is 20.2 Å². The van der Waals surface area contributed by atoms with Gasteiger partial charge >= 0.3 is 6.18 Å². The van der Waals surface area contributed by atoms with Crippen LogP contribution in [-0.4, -0.2) is 52.4 Å². The molecule has 32 heavy (non-hydrogen) atoms. The van der Waals surface area contributed by atoms with E-state index in [1.807, 2.05) is 6.92 Å². The molecule has 1 amide bonds. The van der Waals surface area contributed by atoms with Crippen LogP contribution >= 0.6 is 0 Å². The van der Waals surface area contributed by atoms with Gasteiger partial charge < -0.3 is 15.0 Å². The highest BCUT2D eigenvalue weighted by Crippen LogP contribution is 2.29. The molecule has 1 N–H and O–H groups in total. The van der Waals surface area contributed by atoms with Gasteiger partial charge in [0.15, 0.2) is 5.69 Å². The second-order valence-corrected chi connectivity index (χ2v) is 7.17. The van der Waals surface area contributed by atoms with Crippen LogP contribution in [0.1, 0.15) is 21.6 Å². The number of carbonyl (C=O) groups is 1. The molecule has 1 aromatic carbocycles. The summed E-state index contributed by atoms with van der Waals surface area (Å²) < 4.78 is 44.0. The van der Waals surface area contributed by atoms with Gasteiger partial charge in [0.05, 0.1) is 43.1 Å². The van der Waals surface area contributed by atoms with Crippen molar-refractivity contribution in [1.29, 1.82) is 0 Å². The lowest BCUT2D eigenvalue weighted by atomic mass is 10.0. The summed E-state index contributed by atoms with van der Waals surface area (Å²) in [5.41, 5.74) is 1.15. The zero-order valence-corrected chi connectivity index (χ0v) is 17.1. The first kappa shape index (κ1) is 21.6. The third kappa shape index (κ3) is 4.83. The number of halogens is 3. The first-order chi connectivity index (χ1) is 15.3. The van der Waals surface area contributed by atoms with E-state index in [1.54, 1.807) is 30.6 Å². The van der Waals surface area contributed by atoms with Crippen LogP contribution in [-0.2, 0) is 10.9 Å². The normalized spacial score (nSPS) is 14.3. The highest BCUT2D eigenvalue weighted by Gasteiger charge is 2.32. The zero-order valence-electron chi connectivity index (χ0n) is 17.1. The van der Waals surface area contributed by atoms with E-state index < -0.39 is 23.3 Å². The summed E-state index contributed by atoms with van der Waals surface area (Å²) in [5.74, 6) is -0.0783. The van der Waals surface area contributed by atoms with Crippen LogP contribution in [0.5, 0.6) is 0 Å². The zero-order chi connectivity index (χ0) is 22.7. The topological polar surface area (TPSA) is 93.1 Å². The molecule has 1 fully saturated rings. The molecule has 0 radical (unpaired) electrons. The summed E-state index contributed by atoms with van der Waals surface area (Å²) in [6.07, 6.45) is -0.745. The molecule has 1 aliphatic rings. The van der Waals surface area contributed by atoms with Gasteiger partial charge in [-0.1, -0.05) is 6.07 Å².